The third-order valence-electron chi connectivity index (χ3n) is 3.16. The molecule has 1 amide bonds. The van der Waals surface area contributed by atoms with E-state index in [0.717, 1.165) is 13.8 Å². The van der Waals surface area contributed by atoms with E-state index < -0.39 is 17.9 Å². The van der Waals surface area contributed by atoms with Crippen molar-refractivity contribution in [3.8, 4) is 5.75 Å². The number of nitrogens with one attached hydrogen (secondary N) is 2. The maximum absolute atomic E-state index is 12.7. The van der Waals surface area contributed by atoms with Crippen LogP contribution < -0.4 is 15.4 Å². The summed E-state index contributed by atoms with van der Waals surface area (Å²) in [4.78, 5) is 11.6. The van der Waals surface area contributed by atoms with Crippen LogP contribution in [0.2, 0.25) is 0 Å². The Hall–Kier alpha value is -2.12. The lowest BCUT2D eigenvalue weighted by Gasteiger charge is -2.28. The third kappa shape index (κ3) is 3.55. The molecule has 1 aliphatic rings. The Labute approximate surface area is 125 Å². The molecule has 1 heterocycles. The van der Waals surface area contributed by atoms with Gasteiger partial charge in [-0.05, 0) is 39.0 Å². The summed E-state index contributed by atoms with van der Waals surface area (Å²) < 4.78 is 48.0. The van der Waals surface area contributed by atoms with Crippen molar-refractivity contribution < 1.29 is 27.4 Å². The molecule has 1 aliphatic heterocycles. The van der Waals surface area contributed by atoms with Crippen molar-refractivity contribution in [3.05, 3.63) is 18.2 Å². The minimum Gasteiger partial charge on any atom is -0.487 e. The summed E-state index contributed by atoms with van der Waals surface area (Å²) in [6, 6.07) is 4.73. The van der Waals surface area contributed by atoms with E-state index in [1.54, 1.807) is 12.1 Å². The van der Waals surface area contributed by atoms with Crippen molar-refractivity contribution in [3.63, 3.8) is 0 Å². The second-order valence-corrected chi connectivity index (χ2v) is 5.54. The van der Waals surface area contributed by atoms with Gasteiger partial charge in [0.25, 0.3) is 0 Å². The molecule has 0 bridgehead atoms. The summed E-state index contributed by atoms with van der Waals surface area (Å²) in [6.45, 7) is 4.08. The smallest absolute Gasteiger partial charge is 0.427 e. The first kappa shape index (κ1) is 16.3. The number of ether oxygens (including phenoxy) is 2. The van der Waals surface area contributed by atoms with Crippen LogP contribution in [-0.2, 0) is 4.74 Å². The zero-order chi connectivity index (χ0) is 16.5. The summed E-state index contributed by atoms with van der Waals surface area (Å²) in [5, 5.41) is 5.38. The molecule has 0 radical (unpaired) electrons. The second-order valence-electron chi connectivity index (χ2n) is 5.54. The first-order valence-corrected chi connectivity index (χ1v) is 6.70. The first-order valence-electron chi connectivity index (χ1n) is 6.70. The molecular formula is C14H17F3N2O3. The SMILES string of the molecule is CC1CNc2cc(NC(=O)OC(C)(C)C(F)(F)F)ccc2O1. The highest BCUT2D eigenvalue weighted by Gasteiger charge is 2.50. The fourth-order valence-corrected chi connectivity index (χ4v) is 1.79. The van der Waals surface area contributed by atoms with E-state index in [4.69, 9.17) is 4.74 Å². The van der Waals surface area contributed by atoms with Crippen LogP contribution in [0.3, 0.4) is 0 Å². The van der Waals surface area contributed by atoms with Gasteiger partial charge in [0.1, 0.15) is 11.9 Å². The molecule has 1 unspecified atom stereocenters. The minimum absolute atomic E-state index is 0.0175. The predicted octanol–water partition coefficient (Wildman–Crippen LogP) is 3.77. The summed E-state index contributed by atoms with van der Waals surface area (Å²) in [5.41, 5.74) is -1.60. The van der Waals surface area contributed by atoms with Gasteiger partial charge >= 0.3 is 12.3 Å². The Morgan fingerprint density at radius 2 is 2.09 bits per heavy atom. The molecule has 0 spiro atoms. The Kier molecular flexibility index (Phi) is 4.12. The van der Waals surface area contributed by atoms with Gasteiger partial charge in [0.05, 0.1) is 12.2 Å². The van der Waals surface area contributed by atoms with E-state index in [2.05, 4.69) is 15.4 Å². The fourth-order valence-electron chi connectivity index (χ4n) is 1.79. The van der Waals surface area contributed by atoms with Crippen molar-refractivity contribution in [2.45, 2.75) is 38.7 Å². The van der Waals surface area contributed by atoms with Crippen LogP contribution in [0.4, 0.5) is 29.3 Å². The molecule has 0 aromatic heterocycles. The normalized spacial score (nSPS) is 17.8. The number of hydrogen-bond acceptors (Lipinski definition) is 4. The van der Waals surface area contributed by atoms with E-state index in [9.17, 15) is 18.0 Å². The van der Waals surface area contributed by atoms with Gasteiger partial charge in [0, 0.05) is 5.69 Å². The third-order valence-corrected chi connectivity index (χ3v) is 3.16. The topological polar surface area (TPSA) is 59.6 Å². The highest BCUT2D eigenvalue weighted by atomic mass is 19.4. The van der Waals surface area contributed by atoms with Gasteiger partial charge in [-0.3, -0.25) is 5.32 Å². The second kappa shape index (κ2) is 5.58. The van der Waals surface area contributed by atoms with Crippen molar-refractivity contribution in [2.24, 2.45) is 0 Å². The number of alkyl halides is 3. The molecule has 1 aromatic rings. The maximum atomic E-state index is 12.7. The number of halogens is 3. The summed E-state index contributed by atoms with van der Waals surface area (Å²) in [7, 11) is 0. The van der Waals surface area contributed by atoms with Crippen molar-refractivity contribution in [1.82, 2.24) is 0 Å². The van der Waals surface area contributed by atoms with Crippen molar-refractivity contribution >= 4 is 17.5 Å². The molecule has 122 valence electrons. The van der Waals surface area contributed by atoms with Gasteiger partial charge in [0.2, 0.25) is 5.60 Å². The average Bonchev–Trinajstić information content (AvgIpc) is 2.36. The zero-order valence-electron chi connectivity index (χ0n) is 12.4. The number of anilines is 2. The molecule has 1 atom stereocenters. The van der Waals surface area contributed by atoms with Gasteiger partial charge in [-0.1, -0.05) is 0 Å². The van der Waals surface area contributed by atoms with E-state index in [0.29, 0.717) is 23.7 Å². The van der Waals surface area contributed by atoms with Crippen LogP contribution in [0.1, 0.15) is 20.8 Å². The molecule has 1 aromatic carbocycles. The van der Waals surface area contributed by atoms with Crippen LogP contribution in [0.15, 0.2) is 18.2 Å². The molecule has 8 heteroatoms. The predicted molar refractivity (Wildman–Crippen MR) is 75.3 cm³/mol. The van der Waals surface area contributed by atoms with Crippen LogP contribution in [0.5, 0.6) is 5.75 Å². The van der Waals surface area contributed by atoms with E-state index in [-0.39, 0.29) is 6.10 Å². The van der Waals surface area contributed by atoms with Crippen LogP contribution >= 0.6 is 0 Å². The Bertz CT molecular complexity index is 573. The highest BCUT2D eigenvalue weighted by Crippen LogP contribution is 2.34. The number of benzene rings is 1. The summed E-state index contributed by atoms with van der Waals surface area (Å²) in [5.74, 6) is 0.619. The summed E-state index contributed by atoms with van der Waals surface area (Å²) in [6.07, 6.45) is -5.80. The molecule has 0 saturated heterocycles. The minimum atomic E-state index is -4.65. The van der Waals surface area contributed by atoms with E-state index in [1.165, 1.54) is 6.07 Å². The molecule has 22 heavy (non-hydrogen) atoms. The number of fused-ring (bicyclic) bond motifs is 1. The quantitative estimate of drug-likeness (QED) is 0.871. The number of carbonyl (C=O) groups is 1. The fraction of sp³-hybridized carbons (Fsp3) is 0.500. The standard InChI is InChI=1S/C14H17F3N2O3/c1-8-7-18-10-6-9(4-5-11(10)21-8)19-12(20)22-13(2,3)14(15,16)17/h4-6,8,18H,7H2,1-3H3,(H,19,20). The molecular weight excluding hydrogens is 301 g/mol. The maximum Gasteiger partial charge on any atom is 0.427 e. The monoisotopic (exact) mass is 318 g/mol. The lowest BCUT2D eigenvalue weighted by atomic mass is 10.1. The summed E-state index contributed by atoms with van der Waals surface area (Å²) >= 11 is 0. The molecule has 0 saturated carbocycles. The molecule has 2 rings (SSSR count). The van der Waals surface area contributed by atoms with Gasteiger partial charge in [-0.2, -0.15) is 13.2 Å². The largest absolute Gasteiger partial charge is 0.487 e. The van der Waals surface area contributed by atoms with Gasteiger partial charge < -0.3 is 14.8 Å². The molecule has 5 nitrogen and oxygen atoms in total. The van der Waals surface area contributed by atoms with Gasteiger partial charge in [0.15, 0.2) is 0 Å². The zero-order valence-corrected chi connectivity index (χ0v) is 12.4. The number of rotatable bonds is 2. The Morgan fingerprint density at radius 1 is 1.41 bits per heavy atom. The van der Waals surface area contributed by atoms with Crippen LogP contribution in [0, 0.1) is 0 Å². The first-order chi connectivity index (χ1) is 10.1. The average molecular weight is 318 g/mol. The molecule has 0 fully saturated rings. The van der Waals surface area contributed by atoms with Crippen LogP contribution in [-0.4, -0.2) is 30.5 Å². The van der Waals surface area contributed by atoms with Gasteiger partial charge in [-0.25, -0.2) is 4.79 Å². The number of hydrogen-bond donors (Lipinski definition) is 2. The van der Waals surface area contributed by atoms with Gasteiger partial charge in [-0.15, -0.1) is 0 Å². The lowest BCUT2D eigenvalue weighted by molar-refractivity contribution is -0.242. The molecule has 0 aliphatic carbocycles. The number of carbonyl (C=O) groups excluding carboxylic acids is 1. The highest BCUT2D eigenvalue weighted by molar-refractivity contribution is 5.86. The van der Waals surface area contributed by atoms with Crippen molar-refractivity contribution in [2.75, 3.05) is 17.2 Å². The lowest BCUT2D eigenvalue weighted by Crippen LogP contribution is -2.44. The Morgan fingerprint density at radius 3 is 2.73 bits per heavy atom. The Balaban J connectivity index is 2.04. The van der Waals surface area contributed by atoms with Crippen LogP contribution in [0.25, 0.3) is 0 Å². The van der Waals surface area contributed by atoms with E-state index >= 15 is 0 Å². The van der Waals surface area contributed by atoms with Crippen molar-refractivity contribution in [1.29, 1.82) is 0 Å². The molecule has 2 N–H and O–H groups in total. The van der Waals surface area contributed by atoms with E-state index in [1.807, 2.05) is 6.92 Å². The number of amides is 1.